The Kier molecular flexibility index (Phi) is 4.59. The number of carbonyl (C=O) groups is 1. The first-order valence-corrected chi connectivity index (χ1v) is 7.13. The minimum atomic E-state index is 0.0479. The van der Waals surface area contributed by atoms with Crippen LogP contribution in [0.5, 0.6) is 5.75 Å². The zero-order valence-corrected chi connectivity index (χ0v) is 11.4. The molecule has 19 heavy (non-hydrogen) atoms. The van der Waals surface area contributed by atoms with E-state index in [0.29, 0.717) is 19.4 Å². The molecule has 0 amide bonds. The predicted octanol–water partition coefficient (Wildman–Crippen LogP) is 2.80. The molecule has 1 aliphatic carbocycles. The molecule has 3 N–H and O–H groups in total. The van der Waals surface area contributed by atoms with E-state index in [1.54, 1.807) is 12.1 Å². The summed E-state index contributed by atoms with van der Waals surface area (Å²) in [5, 5.41) is 9.23. The average Bonchev–Trinajstić information content (AvgIpc) is 2.42. The van der Waals surface area contributed by atoms with Crippen molar-refractivity contribution >= 4 is 5.78 Å². The van der Waals surface area contributed by atoms with Gasteiger partial charge in [0, 0.05) is 12.8 Å². The molecule has 3 heteroatoms. The summed E-state index contributed by atoms with van der Waals surface area (Å²) in [6, 6.07) is 6.87. The van der Waals surface area contributed by atoms with Gasteiger partial charge in [-0.25, -0.2) is 0 Å². The molecule has 0 spiro atoms. The first-order valence-electron chi connectivity index (χ1n) is 7.13. The Morgan fingerprint density at radius 3 is 2.37 bits per heavy atom. The zero-order valence-electron chi connectivity index (χ0n) is 11.4. The van der Waals surface area contributed by atoms with Crippen molar-refractivity contribution in [3.63, 3.8) is 0 Å². The summed E-state index contributed by atoms with van der Waals surface area (Å²) in [4.78, 5) is 12.2. The molecule has 104 valence electrons. The summed E-state index contributed by atoms with van der Waals surface area (Å²) in [6.45, 7) is 0.619. The lowest BCUT2D eigenvalue weighted by Gasteiger charge is -2.35. The summed E-state index contributed by atoms with van der Waals surface area (Å²) in [5.74, 6) is 0.500. The molecule has 0 saturated heterocycles. The second-order valence-corrected chi connectivity index (χ2v) is 5.82. The van der Waals surface area contributed by atoms with Gasteiger partial charge in [0.2, 0.25) is 0 Å². The molecule has 0 aromatic heterocycles. The minimum absolute atomic E-state index is 0.0479. The van der Waals surface area contributed by atoms with Gasteiger partial charge in [-0.15, -0.1) is 0 Å². The van der Waals surface area contributed by atoms with E-state index in [2.05, 4.69) is 0 Å². The van der Waals surface area contributed by atoms with Crippen LogP contribution in [0.25, 0.3) is 0 Å². The molecule has 3 nitrogen and oxygen atoms in total. The number of benzene rings is 1. The van der Waals surface area contributed by atoms with Crippen LogP contribution in [0.1, 0.15) is 44.1 Å². The predicted molar refractivity (Wildman–Crippen MR) is 76.0 cm³/mol. The molecule has 1 aromatic carbocycles. The van der Waals surface area contributed by atoms with Gasteiger partial charge in [0.15, 0.2) is 0 Å². The number of Topliss-reactive ketones (excluding diaryl/α,β-unsaturated/α-hetero) is 1. The molecule has 0 unspecified atom stereocenters. The minimum Gasteiger partial charge on any atom is -0.508 e. The van der Waals surface area contributed by atoms with Crippen LogP contribution in [0, 0.1) is 5.41 Å². The summed E-state index contributed by atoms with van der Waals surface area (Å²) >= 11 is 0. The summed E-state index contributed by atoms with van der Waals surface area (Å²) in [6.07, 6.45) is 6.89. The van der Waals surface area contributed by atoms with Crippen molar-refractivity contribution in [3.05, 3.63) is 29.8 Å². The number of phenols is 1. The Morgan fingerprint density at radius 2 is 1.79 bits per heavy atom. The first-order chi connectivity index (χ1) is 9.13. The van der Waals surface area contributed by atoms with Crippen LogP contribution in [-0.2, 0) is 11.2 Å². The molecule has 1 aromatic rings. The van der Waals surface area contributed by atoms with Crippen molar-refractivity contribution in [1.82, 2.24) is 0 Å². The van der Waals surface area contributed by atoms with Crippen molar-refractivity contribution in [2.75, 3.05) is 6.54 Å². The number of hydrogen-bond acceptors (Lipinski definition) is 3. The van der Waals surface area contributed by atoms with Gasteiger partial charge in [-0.1, -0.05) is 31.4 Å². The summed E-state index contributed by atoms with van der Waals surface area (Å²) in [5.41, 5.74) is 6.93. The number of hydrogen-bond donors (Lipinski definition) is 2. The molecule has 1 aliphatic rings. The lowest BCUT2D eigenvalue weighted by atomic mass is 9.70. The third-order valence-corrected chi connectivity index (χ3v) is 4.26. The Labute approximate surface area is 114 Å². The highest BCUT2D eigenvalue weighted by molar-refractivity contribution is 5.81. The Bertz CT molecular complexity index is 419. The Hall–Kier alpha value is -1.35. The van der Waals surface area contributed by atoms with Gasteiger partial charge in [0.25, 0.3) is 0 Å². The number of aromatic hydroxyl groups is 1. The van der Waals surface area contributed by atoms with E-state index < -0.39 is 0 Å². The summed E-state index contributed by atoms with van der Waals surface area (Å²) < 4.78 is 0. The normalized spacial score (nSPS) is 18.2. The maximum absolute atomic E-state index is 12.2. The first kappa shape index (κ1) is 14.1. The van der Waals surface area contributed by atoms with Gasteiger partial charge in [0.1, 0.15) is 11.5 Å². The molecule has 1 saturated carbocycles. The standard InChI is InChI=1S/C16H23NO2/c17-12-16(8-2-1-3-9-16)11-15(19)10-13-4-6-14(18)7-5-13/h4-7,18H,1-3,8-12,17H2. The smallest absolute Gasteiger partial charge is 0.137 e. The molecular weight excluding hydrogens is 238 g/mol. The Balaban J connectivity index is 1.94. The van der Waals surface area contributed by atoms with Crippen molar-refractivity contribution in [2.24, 2.45) is 11.1 Å². The van der Waals surface area contributed by atoms with E-state index in [-0.39, 0.29) is 16.9 Å². The second-order valence-electron chi connectivity index (χ2n) is 5.82. The molecule has 1 fully saturated rings. The highest BCUT2D eigenvalue weighted by Crippen LogP contribution is 2.38. The molecule has 0 radical (unpaired) electrons. The molecular formula is C16H23NO2. The van der Waals surface area contributed by atoms with Crippen LogP contribution in [0.15, 0.2) is 24.3 Å². The largest absolute Gasteiger partial charge is 0.508 e. The lowest BCUT2D eigenvalue weighted by Crippen LogP contribution is -2.35. The van der Waals surface area contributed by atoms with Crippen LogP contribution in [0.2, 0.25) is 0 Å². The third kappa shape index (κ3) is 3.80. The summed E-state index contributed by atoms with van der Waals surface area (Å²) in [7, 11) is 0. The van der Waals surface area contributed by atoms with Gasteiger partial charge < -0.3 is 10.8 Å². The van der Waals surface area contributed by atoms with Gasteiger partial charge in [-0.05, 0) is 42.5 Å². The molecule has 0 heterocycles. The monoisotopic (exact) mass is 261 g/mol. The lowest BCUT2D eigenvalue weighted by molar-refractivity contribution is -0.121. The average molecular weight is 261 g/mol. The fraction of sp³-hybridized carbons (Fsp3) is 0.562. The highest BCUT2D eigenvalue weighted by atomic mass is 16.3. The van der Waals surface area contributed by atoms with Gasteiger partial charge in [0.05, 0.1) is 0 Å². The van der Waals surface area contributed by atoms with Crippen LogP contribution in [0.4, 0.5) is 0 Å². The number of phenolic OH excluding ortho intramolecular Hbond substituents is 1. The quantitative estimate of drug-likeness (QED) is 0.856. The topological polar surface area (TPSA) is 63.3 Å². The maximum Gasteiger partial charge on any atom is 0.137 e. The van der Waals surface area contributed by atoms with Crippen molar-refractivity contribution in [2.45, 2.75) is 44.9 Å². The number of nitrogens with two attached hydrogens (primary N) is 1. The Morgan fingerprint density at radius 1 is 1.16 bits per heavy atom. The van der Waals surface area contributed by atoms with Crippen LogP contribution in [-0.4, -0.2) is 17.4 Å². The van der Waals surface area contributed by atoms with E-state index >= 15 is 0 Å². The van der Waals surface area contributed by atoms with Crippen LogP contribution in [0.3, 0.4) is 0 Å². The van der Waals surface area contributed by atoms with Crippen molar-refractivity contribution < 1.29 is 9.90 Å². The molecule has 2 rings (SSSR count). The SMILES string of the molecule is NCC1(CC(=O)Cc2ccc(O)cc2)CCCCC1. The van der Waals surface area contributed by atoms with E-state index in [9.17, 15) is 9.90 Å². The number of ketones is 1. The van der Waals surface area contributed by atoms with Gasteiger partial charge >= 0.3 is 0 Å². The number of rotatable bonds is 5. The number of carbonyl (C=O) groups excluding carboxylic acids is 1. The van der Waals surface area contributed by atoms with Crippen molar-refractivity contribution in [1.29, 1.82) is 0 Å². The van der Waals surface area contributed by atoms with E-state index in [1.165, 1.54) is 19.3 Å². The van der Waals surface area contributed by atoms with Crippen molar-refractivity contribution in [3.8, 4) is 5.75 Å². The van der Waals surface area contributed by atoms with E-state index in [0.717, 1.165) is 18.4 Å². The van der Waals surface area contributed by atoms with E-state index in [1.807, 2.05) is 12.1 Å². The van der Waals surface area contributed by atoms with Crippen LogP contribution < -0.4 is 5.73 Å². The maximum atomic E-state index is 12.2. The van der Waals surface area contributed by atoms with Crippen LogP contribution >= 0.6 is 0 Å². The van der Waals surface area contributed by atoms with E-state index in [4.69, 9.17) is 5.73 Å². The molecule has 0 bridgehead atoms. The zero-order chi connectivity index (χ0) is 13.7. The second kappa shape index (κ2) is 6.20. The molecule has 0 atom stereocenters. The fourth-order valence-corrected chi connectivity index (χ4v) is 3.08. The van der Waals surface area contributed by atoms with Gasteiger partial charge in [-0.2, -0.15) is 0 Å². The van der Waals surface area contributed by atoms with Gasteiger partial charge in [-0.3, -0.25) is 4.79 Å². The third-order valence-electron chi connectivity index (χ3n) is 4.26. The highest BCUT2D eigenvalue weighted by Gasteiger charge is 2.32. The fourth-order valence-electron chi connectivity index (χ4n) is 3.08. The molecule has 0 aliphatic heterocycles.